The number of benzene rings is 1. The first-order valence-corrected chi connectivity index (χ1v) is 15.5. The molecule has 1 aromatic rings. The minimum atomic E-state index is -3.52. The Hall–Kier alpha value is -2.17. The lowest BCUT2D eigenvalue weighted by molar-refractivity contribution is -0.156. The standard InChI is InChI=1S/C28H38ClN3O6S/c1-25(2,3)38-24(34)32-21(22(33)37-6)26(4,5)30-23(32)27-15-28(16-27,17-27)31(39(35,36)14-19-7-8-19)13-18-9-11-20(29)12-10-18/h9-12,19,21H,7-8,13-17H2,1-6H3/t21-,27?,28?/m0/s1. The van der Waals surface area contributed by atoms with E-state index in [1.165, 1.54) is 12.0 Å². The molecule has 1 aromatic carbocycles. The van der Waals surface area contributed by atoms with Gasteiger partial charge in [-0.2, -0.15) is 4.31 Å². The topological polar surface area (TPSA) is 106 Å². The van der Waals surface area contributed by atoms with Gasteiger partial charge in [0, 0.05) is 22.5 Å². The number of nitrogens with zero attached hydrogens (tertiary/aromatic N) is 3. The van der Waals surface area contributed by atoms with Crippen molar-refractivity contribution in [3.8, 4) is 0 Å². The normalized spacial score (nSPS) is 29.4. The molecule has 39 heavy (non-hydrogen) atoms. The van der Waals surface area contributed by atoms with E-state index in [0.29, 0.717) is 30.1 Å². The quantitative estimate of drug-likeness (QED) is 0.411. The smallest absolute Gasteiger partial charge is 0.416 e. The van der Waals surface area contributed by atoms with Crippen molar-refractivity contribution < 1.29 is 27.5 Å². The molecule has 1 amide bonds. The number of amidine groups is 1. The largest absolute Gasteiger partial charge is 0.467 e. The molecule has 9 nitrogen and oxygen atoms in total. The van der Waals surface area contributed by atoms with Crippen LogP contribution in [-0.4, -0.2) is 71.1 Å². The molecule has 0 saturated heterocycles. The van der Waals surface area contributed by atoms with Gasteiger partial charge in [0.1, 0.15) is 11.4 Å². The highest BCUT2D eigenvalue weighted by atomic mass is 35.5. The van der Waals surface area contributed by atoms with Crippen LogP contribution in [0.4, 0.5) is 4.79 Å². The molecule has 0 unspecified atom stereocenters. The molecular weight excluding hydrogens is 542 g/mol. The minimum Gasteiger partial charge on any atom is -0.467 e. The molecule has 0 radical (unpaired) electrons. The second-order valence-corrected chi connectivity index (χ2v) is 15.6. The Bertz CT molecular complexity index is 1290. The lowest BCUT2D eigenvalue weighted by Gasteiger charge is -2.73. The zero-order valence-corrected chi connectivity index (χ0v) is 25.1. The zero-order valence-electron chi connectivity index (χ0n) is 23.5. The van der Waals surface area contributed by atoms with Gasteiger partial charge in [-0.1, -0.05) is 23.7 Å². The van der Waals surface area contributed by atoms with E-state index in [0.717, 1.165) is 18.4 Å². The lowest BCUT2D eigenvalue weighted by Crippen LogP contribution is -2.79. The first-order chi connectivity index (χ1) is 18.0. The maximum absolute atomic E-state index is 13.7. The molecule has 11 heteroatoms. The zero-order chi connectivity index (χ0) is 28.6. The number of halogens is 1. The molecule has 4 fully saturated rings. The molecule has 1 heterocycles. The van der Waals surface area contributed by atoms with E-state index in [2.05, 4.69) is 0 Å². The fourth-order valence-electron chi connectivity index (χ4n) is 6.43. The highest BCUT2D eigenvalue weighted by Crippen LogP contribution is 2.72. The van der Waals surface area contributed by atoms with E-state index in [4.69, 9.17) is 26.1 Å². The predicted molar refractivity (Wildman–Crippen MR) is 148 cm³/mol. The third kappa shape index (κ3) is 5.08. The van der Waals surface area contributed by atoms with E-state index in [1.807, 2.05) is 12.1 Å². The molecule has 4 aliphatic carbocycles. The van der Waals surface area contributed by atoms with Crippen LogP contribution in [-0.2, 0) is 30.8 Å². The number of amides is 1. The van der Waals surface area contributed by atoms with Crippen molar-refractivity contribution in [2.75, 3.05) is 12.9 Å². The van der Waals surface area contributed by atoms with E-state index in [9.17, 15) is 18.0 Å². The summed E-state index contributed by atoms with van der Waals surface area (Å²) in [6.07, 6.45) is 2.81. The predicted octanol–water partition coefficient (Wildman–Crippen LogP) is 4.77. The van der Waals surface area contributed by atoms with E-state index < -0.39 is 50.2 Å². The summed E-state index contributed by atoms with van der Waals surface area (Å²) in [6, 6.07) is 6.29. The number of hydrogen-bond donors (Lipinski definition) is 0. The van der Waals surface area contributed by atoms with E-state index in [-0.39, 0.29) is 18.2 Å². The van der Waals surface area contributed by atoms with Crippen molar-refractivity contribution >= 4 is 39.5 Å². The number of carbonyl (C=O) groups is 2. The molecule has 0 aromatic heterocycles. The average molecular weight is 580 g/mol. The van der Waals surface area contributed by atoms with Gasteiger partial charge >= 0.3 is 12.1 Å². The van der Waals surface area contributed by atoms with Gasteiger partial charge in [-0.3, -0.25) is 4.99 Å². The van der Waals surface area contributed by atoms with Crippen LogP contribution in [0.3, 0.4) is 0 Å². The first kappa shape index (κ1) is 28.4. The van der Waals surface area contributed by atoms with Crippen LogP contribution in [0.5, 0.6) is 0 Å². The summed E-state index contributed by atoms with van der Waals surface area (Å²) in [5.41, 5.74) is -1.89. The fraction of sp³-hybridized carbons (Fsp3) is 0.679. The Morgan fingerprint density at radius 3 is 2.23 bits per heavy atom. The van der Waals surface area contributed by atoms with Crippen LogP contribution in [0.15, 0.2) is 29.3 Å². The number of rotatable bonds is 8. The summed E-state index contributed by atoms with van der Waals surface area (Å²) in [5.74, 6) is 0.289. The van der Waals surface area contributed by atoms with E-state index >= 15 is 0 Å². The summed E-state index contributed by atoms with van der Waals surface area (Å²) in [4.78, 5) is 32.6. The molecule has 1 atom stereocenters. The number of sulfonamides is 1. The van der Waals surface area contributed by atoms with Gasteiger partial charge in [-0.05, 0) is 90.3 Å². The minimum absolute atomic E-state index is 0.151. The number of methoxy groups -OCH3 is 1. The van der Waals surface area contributed by atoms with Gasteiger partial charge in [-0.25, -0.2) is 22.9 Å². The number of aliphatic imine (C=N–C) groups is 1. The van der Waals surface area contributed by atoms with Crippen molar-refractivity contribution in [1.82, 2.24) is 9.21 Å². The highest BCUT2D eigenvalue weighted by Gasteiger charge is 2.76. The molecular formula is C28H38ClN3O6S. The number of esters is 1. The second kappa shape index (κ2) is 9.17. The third-order valence-corrected chi connectivity index (χ3v) is 10.6. The van der Waals surface area contributed by atoms with Crippen LogP contribution in [0.2, 0.25) is 5.02 Å². The van der Waals surface area contributed by atoms with Crippen LogP contribution >= 0.6 is 11.6 Å². The SMILES string of the molecule is COC(=O)[C@@H]1N(C(=O)OC(C)(C)C)C(C23CC(N(Cc4ccc(Cl)cc4)S(=O)(=O)CC4CC4)(C2)C3)=NC1(C)C. The van der Waals surface area contributed by atoms with Crippen molar-refractivity contribution in [2.24, 2.45) is 16.3 Å². The monoisotopic (exact) mass is 579 g/mol. The molecule has 1 aliphatic heterocycles. The van der Waals surface area contributed by atoms with Crippen LogP contribution in [0, 0.1) is 11.3 Å². The highest BCUT2D eigenvalue weighted by molar-refractivity contribution is 7.89. The fourth-order valence-corrected chi connectivity index (χ4v) is 8.80. The van der Waals surface area contributed by atoms with Gasteiger partial charge in [0.2, 0.25) is 10.0 Å². The Morgan fingerprint density at radius 1 is 1.13 bits per heavy atom. The number of ether oxygens (including phenoxy) is 2. The molecule has 214 valence electrons. The van der Waals surface area contributed by atoms with Gasteiger partial charge in [0.15, 0.2) is 6.04 Å². The Morgan fingerprint density at radius 2 is 1.72 bits per heavy atom. The summed E-state index contributed by atoms with van der Waals surface area (Å²) >= 11 is 6.07. The van der Waals surface area contributed by atoms with Crippen LogP contribution in [0.1, 0.15) is 72.3 Å². The maximum atomic E-state index is 13.7. The number of hydrogen-bond acceptors (Lipinski definition) is 7. The summed E-state index contributed by atoms with van der Waals surface area (Å²) in [6.45, 7) is 9.17. The Kier molecular flexibility index (Phi) is 6.67. The summed E-state index contributed by atoms with van der Waals surface area (Å²) < 4.78 is 39.8. The Balaban J connectivity index is 1.44. The van der Waals surface area contributed by atoms with Crippen LogP contribution < -0.4 is 0 Å². The maximum Gasteiger partial charge on any atom is 0.416 e. The van der Waals surface area contributed by atoms with Gasteiger partial charge in [-0.15, -0.1) is 0 Å². The second-order valence-electron chi connectivity index (χ2n) is 13.3. The summed E-state index contributed by atoms with van der Waals surface area (Å²) in [5, 5.41) is 0.597. The molecule has 0 N–H and O–H groups in total. The van der Waals surface area contributed by atoms with Crippen molar-refractivity contribution in [3.05, 3.63) is 34.9 Å². The average Bonchev–Trinajstić information content (AvgIpc) is 3.51. The lowest BCUT2D eigenvalue weighted by atomic mass is 9.38. The van der Waals surface area contributed by atoms with Crippen molar-refractivity contribution in [2.45, 2.75) is 96.0 Å². The Labute approximate surface area is 235 Å². The van der Waals surface area contributed by atoms with Crippen LogP contribution in [0.25, 0.3) is 0 Å². The molecule has 4 saturated carbocycles. The van der Waals surface area contributed by atoms with Crippen molar-refractivity contribution in [1.29, 1.82) is 0 Å². The molecule has 0 spiro atoms. The summed E-state index contributed by atoms with van der Waals surface area (Å²) in [7, 11) is -2.23. The van der Waals surface area contributed by atoms with E-state index in [1.54, 1.807) is 51.1 Å². The number of carbonyl (C=O) groups excluding carboxylic acids is 2. The van der Waals surface area contributed by atoms with Crippen molar-refractivity contribution in [3.63, 3.8) is 0 Å². The molecule has 5 aliphatic rings. The van der Waals surface area contributed by atoms with Gasteiger partial charge in [0.05, 0.1) is 18.4 Å². The molecule has 6 rings (SSSR count). The van der Waals surface area contributed by atoms with Gasteiger partial charge < -0.3 is 9.47 Å². The van der Waals surface area contributed by atoms with Gasteiger partial charge in [0.25, 0.3) is 0 Å². The molecule has 2 bridgehead atoms. The first-order valence-electron chi connectivity index (χ1n) is 13.5. The third-order valence-electron chi connectivity index (χ3n) is 8.29.